The molecule has 0 fully saturated rings. The lowest BCUT2D eigenvalue weighted by Crippen LogP contribution is -2.12. The summed E-state index contributed by atoms with van der Waals surface area (Å²) in [6, 6.07) is 84.9. The van der Waals surface area contributed by atoms with Crippen molar-refractivity contribution in [2.24, 2.45) is 0 Å². The van der Waals surface area contributed by atoms with E-state index in [1.807, 2.05) is 12.1 Å². The van der Waals surface area contributed by atoms with Crippen LogP contribution in [0.1, 0.15) is 0 Å². The van der Waals surface area contributed by atoms with Crippen LogP contribution in [0.15, 0.2) is 241 Å². The number of para-hydroxylation sites is 4. The van der Waals surface area contributed by atoms with Crippen molar-refractivity contribution in [3.8, 4) is 55.6 Å². The molecule has 60 heavy (non-hydrogen) atoms. The topological polar surface area (TPSA) is 16.4 Å². The van der Waals surface area contributed by atoms with Crippen LogP contribution >= 0.6 is 0 Å². The maximum Gasteiger partial charge on any atom is 0.143 e. The molecule has 0 atom stereocenters. The zero-order valence-electron chi connectivity index (χ0n) is 32.9. The minimum atomic E-state index is 0.892. The van der Waals surface area contributed by atoms with Crippen molar-refractivity contribution >= 4 is 49.8 Å². The minimum absolute atomic E-state index is 0.892. The van der Waals surface area contributed by atoms with Gasteiger partial charge in [0.15, 0.2) is 0 Å². The predicted octanol–water partition coefficient (Wildman–Crippen LogP) is 16.5. The van der Waals surface area contributed by atoms with Gasteiger partial charge in [0.05, 0.1) is 11.4 Å². The fraction of sp³-hybridized carbons (Fsp3) is 0. The summed E-state index contributed by atoms with van der Waals surface area (Å²) in [6.07, 6.45) is 0. The van der Waals surface area contributed by atoms with Gasteiger partial charge in [0.2, 0.25) is 0 Å². The molecule has 0 aliphatic rings. The second-order valence-electron chi connectivity index (χ2n) is 15.2. The van der Waals surface area contributed by atoms with Gasteiger partial charge in [-0.3, -0.25) is 0 Å². The van der Waals surface area contributed by atoms with E-state index in [2.05, 4.69) is 229 Å². The minimum Gasteiger partial charge on any atom is -0.455 e. The molecule has 0 bridgehead atoms. The monoisotopic (exact) mass is 765 g/mol. The highest BCUT2D eigenvalue weighted by atomic mass is 16.3. The van der Waals surface area contributed by atoms with E-state index in [4.69, 9.17) is 4.42 Å². The molecule has 1 heterocycles. The van der Waals surface area contributed by atoms with Crippen LogP contribution in [0, 0.1) is 0 Å². The van der Waals surface area contributed by atoms with Crippen LogP contribution in [0.25, 0.3) is 88.3 Å². The third-order valence-corrected chi connectivity index (χ3v) is 11.7. The van der Waals surface area contributed by atoms with Gasteiger partial charge in [-0.05, 0) is 80.0 Å². The summed E-state index contributed by atoms with van der Waals surface area (Å²) < 4.78 is 6.58. The molecule has 0 spiro atoms. The van der Waals surface area contributed by atoms with Crippen LogP contribution < -0.4 is 4.90 Å². The molecule has 2 nitrogen and oxygen atoms in total. The molecule has 0 aliphatic carbocycles. The lowest BCUT2D eigenvalue weighted by molar-refractivity contribution is 0.670. The SMILES string of the molecule is c1ccc(-c2ccc(-c3ccccc3N(c3cccc(-c4cccc5c4oc4ccccc45)c3)c3ccccc3-c3cccc4cccc(-c5ccccc5)c34)cc2)cc1. The van der Waals surface area contributed by atoms with Crippen molar-refractivity contribution in [1.29, 1.82) is 0 Å². The first-order valence-corrected chi connectivity index (χ1v) is 20.5. The molecule has 11 aromatic rings. The molecular formula is C58H39NO. The second kappa shape index (κ2) is 15.1. The molecule has 2 heteroatoms. The standard InChI is InChI=1S/C58H39NO/c1-3-17-40(18-4-1)41-35-37-43(38-36-41)47-25-7-10-32-54(47)59(46-24-13-23-45(39-46)49-29-16-31-53-51-27-9-12-34-56(51)60-58(49)53)55-33-11-8-26-50(55)52-30-15-22-44-21-14-28-48(57(44)52)42-19-5-2-6-20-42/h1-39H. The molecule has 11 rings (SSSR count). The Morgan fingerprint density at radius 3 is 1.58 bits per heavy atom. The molecule has 0 amide bonds. The summed E-state index contributed by atoms with van der Waals surface area (Å²) in [5.74, 6) is 0. The highest BCUT2D eigenvalue weighted by molar-refractivity contribution is 6.11. The summed E-state index contributed by atoms with van der Waals surface area (Å²) >= 11 is 0. The van der Waals surface area contributed by atoms with Gasteiger partial charge in [0, 0.05) is 33.2 Å². The first-order valence-electron chi connectivity index (χ1n) is 20.5. The summed E-state index contributed by atoms with van der Waals surface area (Å²) in [4.78, 5) is 2.45. The van der Waals surface area contributed by atoms with Crippen molar-refractivity contribution in [2.45, 2.75) is 0 Å². The van der Waals surface area contributed by atoms with Crippen molar-refractivity contribution in [3.63, 3.8) is 0 Å². The zero-order chi connectivity index (χ0) is 39.8. The van der Waals surface area contributed by atoms with E-state index in [0.29, 0.717) is 0 Å². The summed E-state index contributed by atoms with van der Waals surface area (Å²) in [5.41, 5.74) is 16.6. The highest BCUT2D eigenvalue weighted by Crippen LogP contribution is 2.48. The van der Waals surface area contributed by atoms with E-state index in [9.17, 15) is 0 Å². The van der Waals surface area contributed by atoms with Gasteiger partial charge in [-0.1, -0.05) is 206 Å². The molecule has 0 N–H and O–H groups in total. The first-order chi connectivity index (χ1) is 29.8. The van der Waals surface area contributed by atoms with Gasteiger partial charge in [-0.2, -0.15) is 0 Å². The lowest BCUT2D eigenvalue weighted by Gasteiger charge is -2.30. The Hall–Kier alpha value is -7.94. The van der Waals surface area contributed by atoms with E-state index in [-0.39, 0.29) is 0 Å². The van der Waals surface area contributed by atoms with E-state index >= 15 is 0 Å². The van der Waals surface area contributed by atoms with Crippen LogP contribution in [0.5, 0.6) is 0 Å². The van der Waals surface area contributed by atoms with E-state index in [0.717, 1.165) is 66.8 Å². The molecule has 10 aromatic carbocycles. The number of furan rings is 1. The number of benzene rings is 10. The largest absolute Gasteiger partial charge is 0.455 e. The Morgan fingerprint density at radius 1 is 0.300 bits per heavy atom. The number of hydrogen-bond acceptors (Lipinski definition) is 2. The van der Waals surface area contributed by atoms with Crippen LogP contribution in [0.4, 0.5) is 17.1 Å². The first kappa shape index (κ1) is 35.2. The molecule has 0 aliphatic heterocycles. The maximum atomic E-state index is 6.58. The third-order valence-electron chi connectivity index (χ3n) is 11.7. The van der Waals surface area contributed by atoms with Gasteiger partial charge in [0.25, 0.3) is 0 Å². The molecule has 0 saturated carbocycles. The zero-order valence-corrected chi connectivity index (χ0v) is 32.9. The molecule has 0 unspecified atom stereocenters. The van der Waals surface area contributed by atoms with Gasteiger partial charge in [-0.25, -0.2) is 0 Å². The number of fused-ring (bicyclic) bond motifs is 4. The van der Waals surface area contributed by atoms with Gasteiger partial charge in [0.1, 0.15) is 11.2 Å². The fourth-order valence-corrected chi connectivity index (χ4v) is 8.90. The van der Waals surface area contributed by atoms with Gasteiger partial charge >= 0.3 is 0 Å². The van der Waals surface area contributed by atoms with E-state index in [1.165, 1.54) is 38.6 Å². The number of anilines is 3. The van der Waals surface area contributed by atoms with Crippen LogP contribution in [-0.2, 0) is 0 Å². The average molecular weight is 766 g/mol. The van der Waals surface area contributed by atoms with Crippen molar-refractivity contribution in [1.82, 2.24) is 0 Å². The molecular weight excluding hydrogens is 727 g/mol. The van der Waals surface area contributed by atoms with Gasteiger partial charge < -0.3 is 9.32 Å². The number of rotatable bonds is 8. The number of hydrogen-bond donors (Lipinski definition) is 0. The van der Waals surface area contributed by atoms with Crippen molar-refractivity contribution in [3.05, 3.63) is 237 Å². The Morgan fingerprint density at radius 2 is 0.800 bits per heavy atom. The summed E-state index contributed by atoms with van der Waals surface area (Å²) in [7, 11) is 0. The van der Waals surface area contributed by atoms with Gasteiger partial charge in [-0.15, -0.1) is 0 Å². The van der Waals surface area contributed by atoms with Crippen LogP contribution in [0.2, 0.25) is 0 Å². The Kier molecular flexibility index (Phi) is 8.87. The van der Waals surface area contributed by atoms with E-state index in [1.54, 1.807) is 0 Å². The summed E-state index contributed by atoms with van der Waals surface area (Å²) in [5, 5.41) is 4.67. The second-order valence-corrected chi connectivity index (χ2v) is 15.2. The Labute approximate surface area is 349 Å². The van der Waals surface area contributed by atoms with Crippen molar-refractivity contribution < 1.29 is 4.42 Å². The summed E-state index contributed by atoms with van der Waals surface area (Å²) in [6.45, 7) is 0. The van der Waals surface area contributed by atoms with E-state index < -0.39 is 0 Å². The average Bonchev–Trinajstić information content (AvgIpc) is 3.71. The molecule has 0 saturated heterocycles. The third kappa shape index (κ3) is 6.23. The Balaban J connectivity index is 1.14. The lowest BCUT2D eigenvalue weighted by atomic mass is 9.90. The normalized spacial score (nSPS) is 11.3. The van der Waals surface area contributed by atoms with Crippen LogP contribution in [-0.4, -0.2) is 0 Å². The number of nitrogens with zero attached hydrogens (tertiary/aromatic N) is 1. The molecule has 0 radical (unpaired) electrons. The van der Waals surface area contributed by atoms with Crippen molar-refractivity contribution in [2.75, 3.05) is 4.90 Å². The predicted molar refractivity (Wildman–Crippen MR) is 253 cm³/mol. The van der Waals surface area contributed by atoms with Crippen LogP contribution in [0.3, 0.4) is 0 Å². The fourth-order valence-electron chi connectivity index (χ4n) is 8.90. The smallest absolute Gasteiger partial charge is 0.143 e. The highest BCUT2D eigenvalue weighted by Gasteiger charge is 2.23. The quantitative estimate of drug-likeness (QED) is 0.153. The Bertz CT molecular complexity index is 3300. The molecule has 1 aromatic heterocycles. The maximum absolute atomic E-state index is 6.58. The molecule has 282 valence electrons.